The molecule has 3 heteroatoms. The van der Waals surface area contributed by atoms with Crippen LogP contribution in [0.4, 0.5) is 0 Å². The molecule has 0 radical (unpaired) electrons. The molecule has 2 heterocycles. The largest absolute Gasteiger partial charge is 0.335 e. The molecule has 3 nitrogen and oxygen atoms in total. The predicted octanol–water partition coefficient (Wildman–Crippen LogP) is 1.33. The normalized spacial score (nSPS) is 15.5. The molecular formula is C11H12N2O. The molecule has 1 aliphatic rings. The highest BCUT2D eigenvalue weighted by atomic mass is 16.2. The lowest BCUT2D eigenvalue weighted by molar-refractivity contribution is -0.127. The number of aromatic nitrogens is 1. The first-order chi connectivity index (χ1) is 6.77. The van der Waals surface area contributed by atoms with Crippen molar-refractivity contribution in [2.24, 2.45) is 0 Å². The Kier molecular flexibility index (Phi) is 2.31. The van der Waals surface area contributed by atoms with E-state index in [2.05, 4.69) is 11.1 Å². The van der Waals surface area contributed by atoms with Gasteiger partial charge in [-0.2, -0.15) is 0 Å². The second-order valence-electron chi connectivity index (χ2n) is 3.34. The van der Waals surface area contributed by atoms with E-state index in [4.69, 9.17) is 0 Å². The molecule has 0 saturated heterocycles. The highest BCUT2D eigenvalue weighted by molar-refractivity contribution is 5.79. The molecule has 0 unspecified atom stereocenters. The smallest absolute Gasteiger partial charge is 0.220 e. The molecule has 0 N–H and O–H groups in total. The van der Waals surface area contributed by atoms with Gasteiger partial charge < -0.3 is 4.90 Å². The van der Waals surface area contributed by atoms with Crippen LogP contribution in [-0.2, 0) is 4.79 Å². The second kappa shape index (κ2) is 3.62. The summed E-state index contributed by atoms with van der Waals surface area (Å²) in [6.07, 6.45) is 3.83. The van der Waals surface area contributed by atoms with Crippen molar-refractivity contribution in [1.29, 1.82) is 0 Å². The first-order valence-corrected chi connectivity index (χ1v) is 4.63. The van der Waals surface area contributed by atoms with Crippen LogP contribution in [0, 0.1) is 0 Å². The van der Waals surface area contributed by atoms with Crippen LogP contribution in [0.3, 0.4) is 0 Å². The summed E-state index contributed by atoms with van der Waals surface area (Å²) in [5.74, 6) is 0.118. The van der Waals surface area contributed by atoms with Crippen molar-refractivity contribution in [2.45, 2.75) is 6.92 Å². The minimum Gasteiger partial charge on any atom is -0.335 e. The highest BCUT2D eigenvalue weighted by Crippen LogP contribution is 2.18. The van der Waals surface area contributed by atoms with Gasteiger partial charge in [0.15, 0.2) is 0 Å². The average molecular weight is 188 g/mol. The molecule has 1 amide bonds. The first kappa shape index (κ1) is 8.94. The fraction of sp³-hybridized carbons (Fsp3) is 0.273. The lowest BCUT2D eigenvalue weighted by atomic mass is 10.2. The maximum Gasteiger partial charge on any atom is 0.220 e. The van der Waals surface area contributed by atoms with Crippen LogP contribution in [0.2, 0.25) is 0 Å². The van der Waals surface area contributed by atoms with E-state index in [9.17, 15) is 4.79 Å². The minimum absolute atomic E-state index is 0.118. The van der Waals surface area contributed by atoms with Crippen LogP contribution < -0.4 is 0 Å². The van der Waals surface area contributed by atoms with Crippen LogP contribution in [0.5, 0.6) is 0 Å². The topological polar surface area (TPSA) is 33.2 Å². The average Bonchev–Trinajstić information content (AvgIpc) is 2.68. The monoisotopic (exact) mass is 188 g/mol. The fourth-order valence-electron chi connectivity index (χ4n) is 1.53. The van der Waals surface area contributed by atoms with Gasteiger partial charge in [-0.05, 0) is 17.7 Å². The number of carbonyl (C=O) groups is 1. The molecule has 0 saturated carbocycles. The van der Waals surface area contributed by atoms with Crippen LogP contribution >= 0.6 is 0 Å². The number of hydrogen-bond donors (Lipinski definition) is 0. The van der Waals surface area contributed by atoms with E-state index < -0.39 is 0 Å². The number of carbonyl (C=O) groups excluding carboxylic acids is 1. The van der Waals surface area contributed by atoms with Gasteiger partial charge in [0.2, 0.25) is 5.91 Å². The molecular weight excluding hydrogens is 176 g/mol. The zero-order chi connectivity index (χ0) is 9.97. The van der Waals surface area contributed by atoms with E-state index in [1.165, 1.54) is 0 Å². The lowest BCUT2D eigenvalue weighted by Crippen LogP contribution is -2.25. The van der Waals surface area contributed by atoms with Gasteiger partial charge in [0.05, 0.1) is 5.69 Å². The number of pyridine rings is 1. The number of hydrogen-bond acceptors (Lipinski definition) is 2. The standard InChI is InChI=1S/C11H12N2O/c1-9(14)13-7-5-10(8-13)11-4-2-3-6-12-11/h2-6H,7-8H2,1H3. The maximum atomic E-state index is 11.1. The van der Waals surface area contributed by atoms with Crippen molar-refractivity contribution in [1.82, 2.24) is 9.88 Å². The van der Waals surface area contributed by atoms with Crippen LogP contribution in [0.15, 0.2) is 30.5 Å². The Morgan fingerprint density at radius 1 is 1.50 bits per heavy atom. The molecule has 14 heavy (non-hydrogen) atoms. The molecule has 0 bridgehead atoms. The van der Waals surface area contributed by atoms with Gasteiger partial charge in [0.1, 0.15) is 0 Å². The van der Waals surface area contributed by atoms with Crippen LogP contribution in [0.25, 0.3) is 5.57 Å². The summed E-state index contributed by atoms with van der Waals surface area (Å²) in [6, 6.07) is 5.82. The summed E-state index contributed by atoms with van der Waals surface area (Å²) >= 11 is 0. The van der Waals surface area contributed by atoms with E-state index in [0.717, 1.165) is 11.3 Å². The summed E-state index contributed by atoms with van der Waals surface area (Å²) in [5.41, 5.74) is 2.11. The third-order valence-corrected chi connectivity index (χ3v) is 2.36. The molecule has 0 atom stereocenters. The third-order valence-electron chi connectivity index (χ3n) is 2.36. The quantitative estimate of drug-likeness (QED) is 0.666. The van der Waals surface area contributed by atoms with Gasteiger partial charge in [-0.25, -0.2) is 0 Å². The Bertz CT molecular complexity index is 370. The molecule has 2 rings (SSSR count). The third kappa shape index (κ3) is 1.66. The van der Waals surface area contributed by atoms with Crippen LogP contribution in [-0.4, -0.2) is 28.9 Å². The number of nitrogens with zero attached hydrogens (tertiary/aromatic N) is 2. The molecule has 1 aliphatic heterocycles. The molecule has 72 valence electrons. The number of rotatable bonds is 1. The summed E-state index contributed by atoms with van der Waals surface area (Å²) in [4.78, 5) is 17.1. The van der Waals surface area contributed by atoms with Gasteiger partial charge in [-0.1, -0.05) is 12.1 Å². The first-order valence-electron chi connectivity index (χ1n) is 4.63. The summed E-state index contributed by atoms with van der Waals surface area (Å²) in [6.45, 7) is 2.99. The van der Waals surface area contributed by atoms with Gasteiger partial charge in [0.25, 0.3) is 0 Å². The van der Waals surface area contributed by atoms with Crippen LogP contribution in [0.1, 0.15) is 12.6 Å². The Morgan fingerprint density at radius 3 is 2.93 bits per heavy atom. The highest BCUT2D eigenvalue weighted by Gasteiger charge is 2.17. The van der Waals surface area contributed by atoms with E-state index in [0.29, 0.717) is 13.1 Å². The van der Waals surface area contributed by atoms with Crippen molar-refractivity contribution < 1.29 is 4.79 Å². The van der Waals surface area contributed by atoms with Crippen molar-refractivity contribution in [2.75, 3.05) is 13.1 Å². The Labute approximate surface area is 83.1 Å². The van der Waals surface area contributed by atoms with E-state index in [1.807, 2.05) is 18.2 Å². The van der Waals surface area contributed by atoms with E-state index >= 15 is 0 Å². The zero-order valence-electron chi connectivity index (χ0n) is 8.10. The molecule has 0 spiro atoms. The summed E-state index contributed by atoms with van der Waals surface area (Å²) < 4.78 is 0. The second-order valence-corrected chi connectivity index (χ2v) is 3.34. The Morgan fingerprint density at radius 2 is 2.36 bits per heavy atom. The molecule has 0 fully saturated rings. The summed E-state index contributed by atoms with van der Waals surface area (Å²) in [5, 5.41) is 0. The van der Waals surface area contributed by atoms with Gasteiger partial charge in [0, 0.05) is 26.2 Å². The van der Waals surface area contributed by atoms with E-state index in [-0.39, 0.29) is 5.91 Å². The van der Waals surface area contributed by atoms with Crippen molar-refractivity contribution in [3.05, 3.63) is 36.2 Å². The Balaban J connectivity index is 2.13. The molecule has 0 aromatic carbocycles. The SMILES string of the molecule is CC(=O)N1CC=C(c2ccccn2)C1. The maximum absolute atomic E-state index is 11.1. The number of amides is 1. The molecule has 1 aromatic rings. The predicted molar refractivity (Wildman–Crippen MR) is 54.5 cm³/mol. The molecule has 1 aromatic heterocycles. The van der Waals surface area contributed by atoms with E-state index in [1.54, 1.807) is 18.0 Å². The van der Waals surface area contributed by atoms with Gasteiger partial charge in [-0.3, -0.25) is 9.78 Å². The van der Waals surface area contributed by atoms with Crippen molar-refractivity contribution >= 4 is 11.5 Å². The zero-order valence-corrected chi connectivity index (χ0v) is 8.10. The molecule has 0 aliphatic carbocycles. The van der Waals surface area contributed by atoms with Gasteiger partial charge >= 0.3 is 0 Å². The van der Waals surface area contributed by atoms with Crippen molar-refractivity contribution in [3.8, 4) is 0 Å². The Hall–Kier alpha value is -1.64. The van der Waals surface area contributed by atoms with Crippen molar-refractivity contribution in [3.63, 3.8) is 0 Å². The summed E-state index contributed by atoms with van der Waals surface area (Å²) in [7, 11) is 0. The van der Waals surface area contributed by atoms with Gasteiger partial charge in [-0.15, -0.1) is 0 Å². The minimum atomic E-state index is 0.118. The fourth-order valence-corrected chi connectivity index (χ4v) is 1.53. The lowest BCUT2D eigenvalue weighted by Gasteiger charge is -2.12.